The molecule has 100 valence electrons. The second kappa shape index (κ2) is 5.14. The Balaban J connectivity index is 1.79. The first-order valence-electron chi connectivity index (χ1n) is 6.19. The second-order valence-corrected chi connectivity index (χ2v) is 4.94. The fraction of sp³-hybridized carbons (Fsp3) is 0.417. The topological polar surface area (TPSA) is 63.1 Å². The molecule has 3 heterocycles. The zero-order valence-electron chi connectivity index (χ0n) is 10.3. The van der Waals surface area contributed by atoms with Gasteiger partial charge in [0.1, 0.15) is 12.1 Å². The quantitative estimate of drug-likeness (QED) is 0.870. The van der Waals surface area contributed by atoms with Gasteiger partial charge in [-0.15, -0.1) is 0 Å². The molecule has 1 saturated heterocycles. The van der Waals surface area contributed by atoms with Crippen LogP contribution in [0.4, 0.5) is 0 Å². The van der Waals surface area contributed by atoms with E-state index in [4.69, 9.17) is 11.6 Å². The Bertz CT molecular complexity index is 605. The number of fused-ring (bicyclic) bond motifs is 1. The van der Waals surface area contributed by atoms with Gasteiger partial charge in [0, 0.05) is 32.4 Å². The maximum Gasteiger partial charge on any atom is 0.242 e. The molecule has 2 aromatic rings. The van der Waals surface area contributed by atoms with Crippen LogP contribution in [-0.4, -0.2) is 51.5 Å². The molecule has 1 aliphatic rings. The first-order valence-corrected chi connectivity index (χ1v) is 6.57. The van der Waals surface area contributed by atoms with E-state index < -0.39 is 0 Å². The number of carbonyl (C=O) groups excluding carboxylic acids is 1. The molecule has 19 heavy (non-hydrogen) atoms. The van der Waals surface area contributed by atoms with E-state index in [0.29, 0.717) is 16.2 Å². The zero-order chi connectivity index (χ0) is 13.2. The minimum atomic E-state index is 0.0950. The van der Waals surface area contributed by atoms with Crippen molar-refractivity contribution in [1.82, 2.24) is 24.8 Å². The Kier molecular flexibility index (Phi) is 3.35. The largest absolute Gasteiger partial charge is 0.339 e. The van der Waals surface area contributed by atoms with Crippen LogP contribution in [0.15, 0.2) is 18.6 Å². The van der Waals surface area contributed by atoms with E-state index in [1.807, 2.05) is 4.90 Å². The Labute approximate surface area is 115 Å². The predicted molar refractivity (Wildman–Crippen MR) is 72.0 cm³/mol. The highest BCUT2D eigenvalue weighted by atomic mass is 35.5. The van der Waals surface area contributed by atoms with Crippen LogP contribution in [0.3, 0.4) is 0 Å². The molecule has 1 amide bonds. The summed E-state index contributed by atoms with van der Waals surface area (Å²) in [5.74, 6) is 0.0950. The molecule has 0 unspecified atom stereocenters. The molecule has 7 heteroatoms. The number of amides is 1. The van der Waals surface area contributed by atoms with Crippen LogP contribution in [-0.2, 0) is 11.3 Å². The number of nitrogens with zero attached hydrogens (tertiary/aromatic N) is 4. The number of pyridine rings is 1. The third-order valence-electron chi connectivity index (χ3n) is 3.20. The summed E-state index contributed by atoms with van der Waals surface area (Å²) in [6.45, 7) is 3.48. The lowest BCUT2D eigenvalue weighted by molar-refractivity contribution is -0.132. The Morgan fingerprint density at radius 3 is 2.95 bits per heavy atom. The molecule has 1 N–H and O–H groups in total. The summed E-state index contributed by atoms with van der Waals surface area (Å²) in [6.07, 6.45) is 3.20. The molecule has 3 rings (SSSR count). The summed E-state index contributed by atoms with van der Waals surface area (Å²) in [5, 5.41) is 3.77. The highest BCUT2D eigenvalue weighted by Crippen LogP contribution is 2.15. The highest BCUT2D eigenvalue weighted by molar-refractivity contribution is 6.31. The van der Waals surface area contributed by atoms with Crippen LogP contribution >= 0.6 is 11.6 Å². The number of aromatic nitrogens is 3. The fourth-order valence-corrected chi connectivity index (χ4v) is 2.35. The van der Waals surface area contributed by atoms with Gasteiger partial charge in [0.05, 0.1) is 11.3 Å². The van der Waals surface area contributed by atoms with Crippen molar-refractivity contribution in [2.24, 2.45) is 0 Å². The number of nitrogens with one attached hydrogen (secondary N) is 1. The second-order valence-electron chi connectivity index (χ2n) is 4.50. The predicted octanol–water partition coefficient (Wildman–Crippen LogP) is 0.516. The lowest BCUT2D eigenvalue weighted by Gasteiger charge is -2.27. The average Bonchev–Trinajstić information content (AvgIpc) is 2.82. The number of hydrogen-bond donors (Lipinski definition) is 1. The van der Waals surface area contributed by atoms with Crippen molar-refractivity contribution in [3.05, 3.63) is 23.6 Å². The van der Waals surface area contributed by atoms with Gasteiger partial charge in [0.15, 0.2) is 5.65 Å². The summed E-state index contributed by atoms with van der Waals surface area (Å²) >= 11 is 5.86. The van der Waals surface area contributed by atoms with Gasteiger partial charge in [-0.3, -0.25) is 4.79 Å². The molecule has 0 aliphatic carbocycles. The standard InChI is InChI=1S/C12H14ClN5O/c13-9-5-10-12(15-6-9)18(8-16-10)7-11(19)17-3-1-14-2-4-17/h5-6,8,14H,1-4,7H2. The van der Waals surface area contributed by atoms with E-state index in [9.17, 15) is 4.79 Å². The Morgan fingerprint density at radius 1 is 1.37 bits per heavy atom. The summed E-state index contributed by atoms with van der Waals surface area (Å²) in [6, 6.07) is 1.75. The van der Waals surface area contributed by atoms with Crippen LogP contribution in [0.1, 0.15) is 0 Å². The van der Waals surface area contributed by atoms with Crippen LogP contribution < -0.4 is 5.32 Å². The SMILES string of the molecule is O=C(Cn1cnc2cc(Cl)cnc21)N1CCNCC1. The van der Waals surface area contributed by atoms with Crippen LogP contribution in [0, 0.1) is 0 Å². The molecule has 1 fully saturated rings. The lowest BCUT2D eigenvalue weighted by Crippen LogP contribution is -2.47. The van der Waals surface area contributed by atoms with Gasteiger partial charge in [-0.2, -0.15) is 0 Å². The van der Waals surface area contributed by atoms with Crippen LogP contribution in [0.2, 0.25) is 5.02 Å². The highest BCUT2D eigenvalue weighted by Gasteiger charge is 2.17. The fourth-order valence-electron chi connectivity index (χ4n) is 2.20. The normalized spacial score (nSPS) is 15.9. The van der Waals surface area contributed by atoms with E-state index >= 15 is 0 Å². The van der Waals surface area contributed by atoms with E-state index in [-0.39, 0.29) is 12.5 Å². The monoisotopic (exact) mass is 279 g/mol. The zero-order valence-corrected chi connectivity index (χ0v) is 11.1. The molecule has 2 aromatic heterocycles. The van der Waals surface area contributed by atoms with Crippen molar-refractivity contribution in [2.75, 3.05) is 26.2 Å². The first kappa shape index (κ1) is 12.4. The van der Waals surface area contributed by atoms with Gasteiger partial charge in [0.25, 0.3) is 0 Å². The summed E-state index contributed by atoms with van der Waals surface area (Å²) in [4.78, 5) is 22.5. The molecular formula is C12H14ClN5O. The van der Waals surface area contributed by atoms with Gasteiger partial charge >= 0.3 is 0 Å². The van der Waals surface area contributed by atoms with Gasteiger partial charge in [-0.05, 0) is 6.07 Å². The van der Waals surface area contributed by atoms with E-state index in [1.165, 1.54) is 0 Å². The third kappa shape index (κ3) is 2.54. The number of halogens is 1. The van der Waals surface area contributed by atoms with Crippen molar-refractivity contribution in [3.8, 4) is 0 Å². The van der Waals surface area contributed by atoms with Crippen molar-refractivity contribution in [3.63, 3.8) is 0 Å². The molecule has 0 radical (unpaired) electrons. The third-order valence-corrected chi connectivity index (χ3v) is 3.40. The molecular weight excluding hydrogens is 266 g/mol. The molecule has 0 bridgehead atoms. The number of rotatable bonds is 2. The maximum atomic E-state index is 12.2. The van der Waals surface area contributed by atoms with Gasteiger partial charge in [-0.1, -0.05) is 11.6 Å². The minimum absolute atomic E-state index is 0.0950. The number of piperazine rings is 1. The maximum absolute atomic E-state index is 12.2. The van der Waals surface area contributed by atoms with Crippen LogP contribution in [0.25, 0.3) is 11.2 Å². The van der Waals surface area contributed by atoms with Crippen molar-refractivity contribution >= 4 is 28.7 Å². The molecule has 0 atom stereocenters. The average molecular weight is 280 g/mol. The van der Waals surface area contributed by atoms with E-state index in [0.717, 1.165) is 26.2 Å². The van der Waals surface area contributed by atoms with Gasteiger partial charge < -0.3 is 14.8 Å². The van der Waals surface area contributed by atoms with E-state index in [1.54, 1.807) is 23.2 Å². The Hall–Kier alpha value is -1.66. The smallest absolute Gasteiger partial charge is 0.242 e. The molecule has 0 aromatic carbocycles. The minimum Gasteiger partial charge on any atom is -0.339 e. The number of hydrogen-bond acceptors (Lipinski definition) is 4. The summed E-state index contributed by atoms with van der Waals surface area (Å²) in [7, 11) is 0. The molecule has 1 aliphatic heterocycles. The van der Waals surface area contributed by atoms with Crippen LogP contribution in [0.5, 0.6) is 0 Å². The lowest BCUT2D eigenvalue weighted by atomic mass is 10.3. The Morgan fingerprint density at radius 2 is 2.16 bits per heavy atom. The molecule has 6 nitrogen and oxygen atoms in total. The first-order chi connectivity index (χ1) is 9.24. The van der Waals surface area contributed by atoms with Crippen molar-refractivity contribution in [2.45, 2.75) is 6.54 Å². The molecule has 0 saturated carbocycles. The van der Waals surface area contributed by atoms with Crippen molar-refractivity contribution in [1.29, 1.82) is 0 Å². The van der Waals surface area contributed by atoms with Crippen molar-refractivity contribution < 1.29 is 4.79 Å². The molecule has 0 spiro atoms. The van der Waals surface area contributed by atoms with Gasteiger partial charge in [-0.25, -0.2) is 9.97 Å². The van der Waals surface area contributed by atoms with E-state index in [2.05, 4.69) is 15.3 Å². The van der Waals surface area contributed by atoms with Gasteiger partial charge in [0.2, 0.25) is 5.91 Å². The summed E-state index contributed by atoms with van der Waals surface area (Å²) in [5.41, 5.74) is 1.40. The summed E-state index contributed by atoms with van der Waals surface area (Å²) < 4.78 is 1.76. The number of carbonyl (C=O) groups is 1. The number of imidazole rings is 1.